The molecule has 142 valence electrons. The smallest absolute Gasteiger partial charge is 0.134 e. The first-order chi connectivity index (χ1) is 12.2. The molecule has 25 heavy (non-hydrogen) atoms. The van der Waals surface area contributed by atoms with Gasteiger partial charge in [-0.3, -0.25) is 0 Å². The van der Waals surface area contributed by atoms with E-state index in [0.29, 0.717) is 12.3 Å². The Kier molecular flexibility index (Phi) is 9.36. The first-order valence-corrected chi connectivity index (χ1v) is 10.5. The fourth-order valence-electron chi connectivity index (χ4n) is 4.24. The van der Waals surface area contributed by atoms with Gasteiger partial charge in [-0.05, 0) is 49.1 Å². The first-order valence-electron chi connectivity index (χ1n) is 10.5. The summed E-state index contributed by atoms with van der Waals surface area (Å²) in [5.74, 6) is 2.90. The normalized spacial score (nSPS) is 23.2. The Bertz CT molecular complexity index is 439. The van der Waals surface area contributed by atoms with E-state index in [1.807, 2.05) is 30.3 Å². The van der Waals surface area contributed by atoms with Crippen LogP contribution in [0.4, 0.5) is 4.39 Å². The van der Waals surface area contributed by atoms with Gasteiger partial charge in [0.15, 0.2) is 0 Å². The van der Waals surface area contributed by atoms with E-state index in [4.69, 9.17) is 4.74 Å². The van der Waals surface area contributed by atoms with E-state index >= 15 is 0 Å². The van der Waals surface area contributed by atoms with Crippen molar-refractivity contribution in [1.82, 2.24) is 0 Å². The van der Waals surface area contributed by atoms with Gasteiger partial charge in [0, 0.05) is 0 Å². The molecule has 0 bridgehead atoms. The highest BCUT2D eigenvalue weighted by molar-refractivity contribution is 5.20. The molecule has 1 saturated carbocycles. The van der Waals surface area contributed by atoms with Gasteiger partial charge < -0.3 is 4.74 Å². The van der Waals surface area contributed by atoms with E-state index in [2.05, 4.69) is 13.8 Å². The third-order valence-corrected chi connectivity index (χ3v) is 5.89. The number of rotatable bonds is 11. The lowest BCUT2D eigenvalue weighted by atomic mass is 9.73. The molecule has 1 fully saturated rings. The van der Waals surface area contributed by atoms with Gasteiger partial charge in [-0.2, -0.15) is 0 Å². The van der Waals surface area contributed by atoms with Gasteiger partial charge in [-0.15, -0.1) is 0 Å². The van der Waals surface area contributed by atoms with Crippen LogP contribution in [0.2, 0.25) is 0 Å². The predicted molar refractivity (Wildman–Crippen MR) is 105 cm³/mol. The summed E-state index contributed by atoms with van der Waals surface area (Å²) < 4.78 is 20.3. The van der Waals surface area contributed by atoms with Crippen LogP contribution in [0.1, 0.15) is 78.1 Å². The number of benzene rings is 1. The SMILES string of the molecule is CCCCCCC(CC(F)COc1ccccc1)C1CCC(C)CC1. The number of ether oxygens (including phenoxy) is 1. The maximum Gasteiger partial charge on any atom is 0.134 e. The van der Waals surface area contributed by atoms with Crippen molar-refractivity contribution in [2.75, 3.05) is 6.61 Å². The van der Waals surface area contributed by atoms with E-state index in [1.54, 1.807) is 0 Å². The van der Waals surface area contributed by atoms with Gasteiger partial charge in [0.2, 0.25) is 0 Å². The van der Waals surface area contributed by atoms with Gasteiger partial charge in [0.25, 0.3) is 0 Å². The molecule has 1 aliphatic carbocycles. The molecule has 0 aromatic heterocycles. The standard InChI is InChI=1S/C23H37FO/c1-3-4-5-7-10-21(20-15-13-19(2)14-16-20)17-22(24)18-25-23-11-8-6-9-12-23/h6,8-9,11-12,19-22H,3-5,7,10,13-18H2,1-2H3. The van der Waals surface area contributed by atoms with Crippen molar-refractivity contribution >= 4 is 0 Å². The highest BCUT2D eigenvalue weighted by Gasteiger charge is 2.28. The average Bonchev–Trinajstić information content (AvgIpc) is 2.64. The van der Waals surface area contributed by atoms with Crippen LogP contribution < -0.4 is 4.74 Å². The van der Waals surface area contributed by atoms with Gasteiger partial charge in [0.1, 0.15) is 18.5 Å². The largest absolute Gasteiger partial charge is 0.491 e. The monoisotopic (exact) mass is 348 g/mol. The highest BCUT2D eigenvalue weighted by Crippen LogP contribution is 2.38. The van der Waals surface area contributed by atoms with Crippen LogP contribution in [0.25, 0.3) is 0 Å². The molecular weight excluding hydrogens is 311 g/mol. The van der Waals surface area contributed by atoms with E-state index in [1.165, 1.54) is 57.8 Å². The summed E-state index contributed by atoms with van der Waals surface area (Å²) in [6.45, 7) is 4.80. The number of halogens is 1. The second-order valence-corrected chi connectivity index (χ2v) is 8.09. The summed E-state index contributed by atoms with van der Waals surface area (Å²) in [7, 11) is 0. The molecule has 2 atom stereocenters. The Morgan fingerprint density at radius 3 is 2.44 bits per heavy atom. The van der Waals surface area contributed by atoms with Crippen molar-refractivity contribution in [3.05, 3.63) is 30.3 Å². The zero-order valence-electron chi connectivity index (χ0n) is 16.3. The number of hydrogen-bond donors (Lipinski definition) is 0. The lowest BCUT2D eigenvalue weighted by Crippen LogP contribution is -2.26. The zero-order chi connectivity index (χ0) is 17.9. The number of para-hydroxylation sites is 1. The molecule has 0 spiro atoms. The Morgan fingerprint density at radius 1 is 1.04 bits per heavy atom. The first kappa shape index (κ1) is 20.3. The van der Waals surface area contributed by atoms with Crippen LogP contribution in [-0.2, 0) is 0 Å². The fourth-order valence-corrected chi connectivity index (χ4v) is 4.24. The van der Waals surface area contributed by atoms with Crippen LogP contribution in [0, 0.1) is 17.8 Å². The van der Waals surface area contributed by atoms with E-state index in [0.717, 1.165) is 17.6 Å². The third kappa shape index (κ3) is 7.79. The molecule has 2 rings (SSSR count). The summed E-state index contributed by atoms with van der Waals surface area (Å²) in [6.07, 6.45) is 11.4. The van der Waals surface area contributed by atoms with Crippen molar-refractivity contribution in [2.24, 2.45) is 17.8 Å². The zero-order valence-corrected chi connectivity index (χ0v) is 16.3. The third-order valence-electron chi connectivity index (χ3n) is 5.89. The second-order valence-electron chi connectivity index (χ2n) is 8.09. The number of alkyl halides is 1. The van der Waals surface area contributed by atoms with E-state index in [9.17, 15) is 4.39 Å². The Labute approximate surface area is 154 Å². The van der Waals surface area contributed by atoms with E-state index in [-0.39, 0.29) is 6.61 Å². The minimum Gasteiger partial charge on any atom is -0.491 e. The second kappa shape index (κ2) is 11.5. The van der Waals surface area contributed by atoms with Gasteiger partial charge in [0.05, 0.1) is 0 Å². The number of hydrogen-bond acceptors (Lipinski definition) is 1. The van der Waals surface area contributed by atoms with Crippen molar-refractivity contribution in [3.63, 3.8) is 0 Å². The van der Waals surface area contributed by atoms with E-state index < -0.39 is 6.17 Å². The molecule has 1 aliphatic rings. The summed E-state index contributed by atoms with van der Waals surface area (Å²) in [5.41, 5.74) is 0. The Balaban J connectivity index is 1.80. The Morgan fingerprint density at radius 2 is 1.76 bits per heavy atom. The molecule has 2 heteroatoms. The minimum absolute atomic E-state index is 0.193. The molecule has 1 aromatic rings. The van der Waals surface area contributed by atoms with Gasteiger partial charge in [-0.25, -0.2) is 4.39 Å². The summed E-state index contributed by atoms with van der Waals surface area (Å²) >= 11 is 0. The maximum absolute atomic E-state index is 14.6. The molecular formula is C23H37FO. The average molecular weight is 349 g/mol. The van der Waals surface area contributed by atoms with Crippen LogP contribution in [-0.4, -0.2) is 12.8 Å². The summed E-state index contributed by atoms with van der Waals surface area (Å²) in [4.78, 5) is 0. The van der Waals surface area contributed by atoms with Gasteiger partial charge in [-0.1, -0.05) is 77.0 Å². The quantitative estimate of drug-likeness (QED) is 0.384. The van der Waals surface area contributed by atoms with Crippen LogP contribution in [0.5, 0.6) is 5.75 Å². The van der Waals surface area contributed by atoms with Gasteiger partial charge >= 0.3 is 0 Å². The Hall–Kier alpha value is -1.05. The molecule has 0 radical (unpaired) electrons. The minimum atomic E-state index is -0.851. The van der Waals surface area contributed by atoms with Crippen LogP contribution in [0.3, 0.4) is 0 Å². The molecule has 1 aromatic carbocycles. The topological polar surface area (TPSA) is 9.23 Å². The highest BCUT2D eigenvalue weighted by atomic mass is 19.1. The molecule has 1 nitrogen and oxygen atoms in total. The number of unbranched alkanes of at least 4 members (excludes halogenated alkanes) is 3. The van der Waals surface area contributed by atoms with Crippen LogP contribution in [0.15, 0.2) is 30.3 Å². The van der Waals surface area contributed by atoms with Crippen molar-refractivity contribution in [3.8, 4) is 5.75 Å². The molecule has 0 heterocycles. The molecule has 0 aliphatic heterocycles. The van der Waals surface area contributed by atoms with Crippen molar-refractivity contribution < 1.29 is 9.13 Å². The summed E-state index contributed by atoms with van der Waals surface area (Å²) in [5, 5.41) is 0. The van der Waals surface area contributed by atoms with Crippen molar-refractivity contribution in [2.45, 2.75) is 84.2 Å². The van der Waals surface area contributed by atoms with Crippen LogP contribution >= 0.6 is 0 Å². The lowest BCUT2D eigenvalue weighted by Gasteiger charge is -2.33. The molecule has 0 N–H and O–H groups in total. The summed E-state index contributed by atoms with van der Waals surface area (Å²) in [6, 6.07) is 9.62. The fraction of sp³-hybridized carbons (Fsp3) is 0.739. The maximum atomic E-state index is 14.6. The molecule has 2 unspecified atom stereocenters. The predicted octanol–water partition coefficient (Wildman–Crippen LogP) is 7.21. The molecule has 0 amide bonds. The lowest BCUT2D eigenvalue weighted by molar-refractivity contribution is 0.122. The molecule has 0 saturated heterocycles. The van der Waals surface area contributed by atoms with Crippen molar-refractivity contribution in [1.29, 1.82) is 0 Å².